The highest BCUT2D eigenvalue weighted by Crippen LogP contribution is 2.21. The molecule has 7 heteroatoms. The monoisotopic (exact) mass is 320 g/mol. The maximum absolute atomic E-state index is 12.3. The van der Waals surface area contributed by atoms with E-state index >= 15 is 0 Å². The summed E-state index contributed by atoms with van der Waals surface area (Å²) >= 11 is 1.25. The van der Waals surface area contributed by atoms with E-state index in [1.807, 2.05) is 30.3 Å². The lowest BCUT2D eigenvalue weighted by molar-refractivity contribution is -0.139. The first-order valence-electron chi connectivity index (χ1n) is 6.54. The van der Waals surface area contributed by atoms with Crippen LogP contribution in [-0.4, -0.2) is 31.1 Å². The molecule has 1 unspecified atom stereocenters. The number of hydrogen-bond donors (Lipinski definition) is 1. The average molecular weight is 320 g/mol. The molecule has 2 rings (SSSR count). The number of carbonyl (C=O) groups excluding carboxylic acids is 2. The highest BCUT2D eigenvalue weighted by atomic mass is 32.1. The van der Waals surface area contributed by atoms with Gasteiger partial charge in [-0.15, -0.1) is 11.3 Å². The van der Waals surface area contributed by atoms with Crippen molar-refractivity contribution in [3.05, 3.63) is 47.0 Å². The zero-order valence-electron chi connectivity index (χ0n) is 12.2. The van der Waals surface area contributed by atoms with Crippen molar-refractivity contribution in [1.29, 1.82) is 0 Å². The highest BCUT2D eigenvalue weighted by Gasteiger charge is 2.21. The zero-order chi connectivity index (χ0) is 15.9. The van der Waals surface area contributed by atoms with E-state index in [2.05, 4.69) is 15.0 Å². The van der Waals surface area contributed by atoms with Crippen molar-refractivity contribution < 1.29 is 19.1 Å². The van der Waals surface area contributed by atoms with Gasteiger partial charge in [-0.2, -0.15) is 0 Å². The number of nitrogens with one attached hydrogen (secondary N) is 1. The summed E-state index contributed by atoms with van der Waals surface area (Å²) in [7, 11) is 2.79. The first-order valence-corrected chi connectivity index (χ1v) is 7.42. The molecule has 116 valence electrons. The number of amides is 1. The first kappa shape index (κ1) is 16.1. The maximum Gasteiger partial charge on any atom is 0.311 e. The second kappa shape index (κ2) is 7.67. The minimum Gasteiger partial charge on any atom is -0.469 e. The summed E-state index contributed by atoms with van der Waals surface area (Å²) in [6.07, 6.45) is -0.635. The molecular weight excluding hydrogens is 304 g/mol. The van der Waals surface area contributed by atoms with Crippen molar-refractivity contribution in [2.75, 3.05) is 19.5 Å². The number of hydrogen-bond acceptors (Lipinski definition) is 6. The maximum atomic E-state index is 12.3. The normalized spacial score (nSPS) is 11.7. The average Bonchev–Trinajstić information content (AvgIpc) is 2.96. The molecule has 1 N–H and O–H groups in total. The van der Waals surface area contributed by atoms with Gasteiger partial charge in [-0.1, -0.05) is 30.3 Å². The summed E-state index contributed by atoms with van der Waals surface area (Å²) in [5.74, 6) is -0.685. The molecule has 1 aromatic heterocycles. The van der Waals surface area contributed by atoms with Crippen molar-refractivity contribution in [3.63, 3.8) is 0 Å². The number of esters is 1. The molecule has 1 atom stereocenters. The van der Waals surface area contributed by atoms with Crippen molar-refractivity contribution in [1.82, 2.24) is 4.98 Å². The van der Waals surface area contributed by atoms with E-state index in [4.69, 9.17) is 4.74 Å². The standard InChI is InChI=1S/C15H16N2O4S/c1-20-12(18)8-11-9-22-15(16-11)17-14(19)13(21-2)10-6-4-3-5-7-10/h3-7,9,13H,8H2,1-2H3,(H,16,17,19). The summed E-state index contributed by atoms with van der Waals surface area (Å²) < 4.78 is 9.83. The molecule has 1 amide bonds. The Kier molecular flexibility index (Phi) is 5.62. The summed E-state index contributed by atoms with van der Waals surface area (Å²) in [5, 5.41) is 4.82. The van der Waals surface area contributed by atoms with Crippen LogP contribution in [0, 0.1) is 0 Å². The third-order valence-corrected chi connectivity index (χ3v) is 3.72. The fourth-order valence-corrected chi connectivity index (χ4v) is 2.57. The number of thiazole rings is 1. The van der Waals surface area contributed by atoms with Gasteiger partial charge >= 0.3 is 5.97 Å². The molecule has 2 aromatic rings. The summed E-state index contributed by atoms with van der Waals surface area (Å²) in [6.45, 7) is 0. The van der Waals surface area contributed by atoms with Crippen molar-refractivity contribution in [2.24, 2.45) is 0 Å². The van der Waals surface area contributed by atoms with Gasteiger partial charge in [0.15, 0.2) is 11.2 Å². The molecule has 1 heterocycles. The topological polar surface area (TPSA) is 77.5 Å². The molecule has 0 spiro atoms. The van der Waals surface area contributed by atoms with Gasteiger partial charge in [-0.3, -0.25) is 14.9 Å². The van der Waals surface area contributed by atoms with Crippen molar-refractivity contribution in [2.45, 2.75) is 12.5 Å². The van der Waals surface area contributed by atoms with E-state index in [0.717, 1.165) is 5.56 Å². The Hall–Kier alpha value is -2.25. The Balaban J connectivity index is 2.03. The Morgan fingerprint density at radius 2 is 2.00 bits per heavy atom. The van der Waals surface area contributed by atoms with Gasteiger partial charge in [0.1, 0.15) is 0 Å². The van der Waals surface area contributed by atoms with Crippen LogP contribution in [0.3, 0.4) is 0 Å². The van der Waals surface area contributed by atoms with Crippen molar-refractivity contribution in [3.8, 4) is 0 Å². The molecule has 0 bridgehead atoms. The van der Waals surface area contributed by atoms with E-state index in [-0.39, 0.29) is 18.3 Å². The predicted octanol–water partition coefficient (Wildman–Crippen LogP) is 2.18. The number of ether oxygens (including phenoxy) is 2. The van der Waals surface area contributed by atoms with Gasteiger partial charge in [0, 0.05) is 12.5 Å². The smallest absolute Gasteiger partial charge is 0.311 e. The lowest BCUT2D eigenvalue weighted by atomic mass is 10.1. The van der Waals surface area contributed by atoms with Crippen molar-refractivity contribution >= 4 is 28.3 Å². The number of aromatic nitrogens is 1. The number of benzene rings is 1. The molecule has 0 saturated heterocycles. The fraction of sp³-hybridized carbons (Fsp3) is 0.267. The van der Waals surface area contributed by atoms with Crippen LogP contribution in [-0.2, 0) is 25.5 Å². The zero-order valence-corrected chi connectivity index (χ0v) is 13.1. The van der Waals surface area contributed by atoms with Crippen LogP contribution in [0.5, 0.6) is 0 Å². The Morgan fingerprint density at radius 1 is 1.27 bits per heavy atom. The van der Waals surface area contributed by atoms with Gasteiger partial charge in [0.2, 0.25) is 0 Å². The molecule has 0 aliphatic rings. The fourth-order valence-electron chi connectivity index (χ4n) is 1.86. The molecule has 0 fully saturated rings. The van der Waals surface area contributed by atoms with E-state index in [1.165, 1.54) is 25.6 Å². The van der Waals surface area contributed by atoms with Gasteiger partial charge < -0.3 is 9.47 Å². The van der Waals surface area contributed by atoms with Gasteiger partial charge in [0.25, 0.3) is 5.91 Å². The largest absolute Gasteiger partial charge is 0.469 e. The third-order valence-electron chi connectivity index (χ3n) is 2.91. The van der Waals surface area contributed by atoms with Crippen LogP contribution in [0.2, 0.25) is 0 Å². The number of methoxy groups -OCH3 is 2. The van der Waals surface area contributed by atoms with Gasteiger partial charge in [-0.05, 0) is 5.56 Å². The second-order valence-corrected chi connectivity index (χ2v) is 5.27. The Labute approximate surface area is 132 Å². The van der Waals surface area contributed by atoms with E-state index in [9.17, 15) is 9.59 Å². The third kappa shape index (κ3) is 4.12. The lowest BCUT2D eigenvalue weighted by Crippen LogP contribution is -2.22. The van der Waals surface area contributed by atoms with E-state index in [0.29, 0.717) is 10.8 Å². The Morgan fingerprint density at radius 3 is 2.64 bits per heavy atom. The summed E-state index contributed by atoms with van der Waals surface area (Å²) in [6, 6.07) is 9.18. The van der Waals surface area contributed by atoms with Crippen LogP contribution < -0.4 is 5.32 Å². The first-order chi connectivity index (χ1) is 10.6. The molecule has 6 nitrogen and oxygen atoms in total. The summed E-state index contributed by atoms with van der Waals surface area (Å²) in [5.41, 5.74) is 1.31. The molecule has 0 saturated carbocycles. The highest BCUT2D eigenvalue weighted by molar-refractivity contribution is 7.13. The van der Waals surface area contributed by atoms with Crippen LogP contribution in [0.4, 0.5) is 5.13 Å². The molecule has 0 aliphatic heterocycles. The number of carbonyl (C=O) groups is 2. The minimum atomic E-state index is -0.714. The second-order valence-electron chi connectivity index (χ2n) is 4.41. The molecular formula is C15H16N2O4S. The van der Waals surface area contributed by atoms with Crippen LogP contribution in [0.1, 0.15) is 17.4 Å². The molecule has 22 heavy (non-hydrogen) atoms. The minimum absolute atomic E-state index is 0.0786. The summed E-state index contributed by atoms with van der Waals surface area (Å²) in [4.78, 5) is 27.6. The predicted molar refractivity (Wildman–Crippen MR) is 82.7 cm³/mol. The quantitative estimate of drug-likeness (QED) is 0.826. The van der Waals surface area contributed by atoms with E-state index in [1.54, 1.807) is 5.38 Å². The van der Waals surface area contributed by atoms with Gasteiger partial charge in [0.05, 0.1) is 19.2 Å². The van der Waals surface area contributed by atoms with E-state index < -0.39 is 6.10 Å². The van der Waals surface area contributed by atoms with Gasteiger partial charge in [-0.25, -0.2) is 4.98 Å². The molecule has 0 aliphatic carbocycles. The SMILES string of the molecule is COC(=O)Cc1csc(NC(=O)C(OC)c2ccccc2)n1. The van der Waals surface area contributed by atoms with Crippen LogP contribution >= 0.6 is 11.3 Å². The Bertz CT molecular complexity index is 642. The number of nitrogens with zero attached hydrogens (tertiary/aromatic N) is 1. The number of anilines is 1. The van der Waals surface area contributed by atoms with Crippen LogP contribution in [0.15, 0.2) is 35.7 Å². The molecule has 0 radical (unpaired) electrons. The lowest BCUT2D eigenvalue weighted by Gasteiger charge is -2.14. The number of rotatable bonds is 6. The van der Waals surface area contributed by atoms with Crippen LogP contribution in [0.25, 0.3) is 0 Å². The molecule has 1 aromatic carbocycles.